The van der Waals surface area contributed by atoms with Crippen molar-refractivity contribution in [3.8, 4) is 0 Å². The Hall–Kier alpha value is -0.210. The van der Waals surface area contributed by atoms with E-state index >= 15 is 0 Å². The Morgan fingerprint density at radius 1 is 1.75 bits per heavy atom. The fourth-order valence-corrected chi connectivity index (χ4v) is 1.47. The molecule has 0 amide bonds. The number of nitrogen functional groups attached to an aromatic ring is 1. The van der Waals surface area contributed by atoms with Crippen molar-refractivity contribution in [1.29, 1.82) is 0 Å². The highest BCUT2D eigenvalue weighted by molar-refractivity contribution is 7.19. The predicted molar refractivity (Wildman–Crippen MR) is 38.5 cm³/mol. The van der Waals surface area contributed by atoms with Gasteiger partial charge in [-0.2, -0.15) is 0 Å². The van der Waals surface area contributed by atoms with Crippen molar-refractivity contribution in [2.45, 2.75) is 6.92 Å². The van der Waals surface area contributed by atoms with Gasteiger partial charge in [0.1, 0.15) is 0 Å². The molecule has 1 rings (SSSR count). The lowest BCUT2D eigenvalue weighted by atomic mass is 10.4. The van der Waals surface area contributed by atoms with Gasteiger partial charge in [0.2, 0.25) is 0 Å². The normalized spacial score (nSPS) is 9.75. The first-order valence-corrected chi connectivity index (χ1v) is 3.41. The Morgan fingerprint density at radius 3 is 2.50 bits per heavy atom. The van der Waals surface area contributed by atoms with Crippen LogP contribution in [0.5, 0.6) is 0 Å². The summed E-state index contributed by atoms with van der Waals surface area (Å²) >= 11 is 7.08. The Bertz CT molecular complexity index is 175. The van der Waals surface area contributed by atoms with Gasteiger partial charge in [0, 0.05) is 0 Å². The van der Waals surface area contributed by atoms with Gasteiger partial charge in [0.15, 0.2) is 0 Å². The third-order valence-corrected chi connectivity index (χ3v) is 2.26. The minimum atomic E-state index is 0.785. The van der Waals surface area contributed by atoms with Gasteiger partial charge in [0.25, 0.3) is 0 Å². The van der Waals surface area contributed by atoms with Gasteiger partial charge >= 0.3 is 0 Å². The molecule has 0 aliphatic heterocycles. The number of halogens is 1. The first-order valence-electron chi connectivity index (χ1n) is 2.21. The van der Waals surface area contributed by atoms with Crippen molar-refractivity contribution in [1.82, 2.24) is 0 Å². The molecule has 3 heteroatoms. The molecular weight excluding hydrogens is 142 g/mol. The topological polar surface area (TPSA) is 26.0 Å². The first kappa shape index (κ1) is 5.92. The molecule has 0 atom stereocenters. The van der Waals surface area contributed by atoms with Gasteiger partial charge < -0.3 is 5.73 Å². The molecule has 0 bridgehead atoms. The van der Waals surface area contributed by atoms with Crippen LogP contribution in [0.2, 0.25) is 4.34 Å². The lowest BCUT2D eigenvalue weighted by Crippen LogP contribution is -1.73. The third-order valence-electron chi connectivity index (χ3n) is 0.876. The quantitative estimate of drug-likeness (QED) is 0.599. The zero-order chi connectivity index (χ0) is 6.15. The zero-order valence-electron chi connectivity index (χ0n) is 4.44. The van der Waals surface area contributed by atoms with Crippen molar-refractivity contribution in [3.05, 3.63) is 16.0 Å². The molecule has 1 aromatic heterocycles. The van der Waals surface area contributed by atoms with E-state index in [9.17, 15) is 0 Å². The van der Waals surface area contributed by atoms with Gasteiger partial charge in [-0.3, -0.25) is 0 Å². The summed E-state index contributed by atoms with van der Waals surface area (Å²) < 4.78 is 0.794. The van der Waals surface area contributed by atoms with E-state index in [2.05, 4.69) is 0 Å². The van der Waals surface area contributed by atoms with Crippen LogP contribution in [0, 0.1) is 6.92 Å². The summed E-state index contributed by atoms with van der Waals surface area (Å²) in [6, 6.07) is 1.87. The van der Waals surface area contributed by atoms with Crippen LogP contribution in [-0.2, 0) is 0 Å². The number of thiophene rings is 1. The molecule has 0 aliphatic carbocycles. The molecule has 0 radical (unpaired) electrons. The Kier molecular flexibility index (Phi) is 1.45. The van der Waals surface area contributed by atoms with Crippen molar-refractivity contribution >= 4 is 27.9 Å². The minimum absolute atomic E-state index is 0.785. The number of aryl methyl sites for hydroxylation is 1. The summed E-state index contributed by atoms with van der Waals surface area (Å²) in [5.74, 6) is 0. The molecule has 1 aromatic rings. The van der Waals surface area contributed by atoms with E-state index in [0.29, 0.717) is 0 Å². The van der Waals surface area contributed by atoms with E-state index in [0.717, 1.165) is 14.9 Å². The molecule has 2 N–H and O–H groups in total. The van der Waals surface area contributed by atoms with Crippen LogP contribution in [0.3, 0.4) is 0 Å². The number of hydrogen-bond donors (Lipinski definition) is 1. The molecular formula is C5H6ClNS. The fourth-order valence-electron chi connectivity index (χ4n) is 0.484. The number of hydrogen-bond acceptors (Lipinski definition) is 2. The van der Waals surface area contributed by atoms with Crippen LogP contribution in [-0.4, -0.2) is 0 Å². The average molecular weight is 148 g/mol. The molecule has 1 heterocycles. The monoisotopic (exact) mass is 147 g/mol. The SMILES string of the molecule is Cc1cc(N)sc1Cl. The van der Waals surface area contributed by atoms with Crippen LogP contribution >= 0.6 is 22.9 Å². The molecule has 0 saturated heterocycles. The van der Waals surface area contributed by atoms with E-state index in [1.807, 2.05) is 13.0 Å². The molecule has 0 spiro atoms. The summed E-state index contributed by atoms with van der Waals surface area (Å²) in [6.07, 6.45) is 0. The maximum absolute atomic E-state index is 5.67. The lowest BCUT2D eigenvalue weighted by Gasteiger charge is -1.76. The van der Waals surface area contributed by atoms with E-state index in [1.165, 1.54) is 11.3 Å². The molecule has 8 heavy (non-hydrogen) atoms. The van der Waals surface area contributed by atoms with Crippen LogP contribution in [0.25, 0.3) is 0 Å². The summed E-state index contributed by atoms with van der Waals surface area (Å²) in [5, 5.41) is 0.785. The van der Waals surface area contributed by atoms with Crippen LogP contribution in [0.1, 0.15) is 5.56 Å². The number of nitrogens with two attached hydrogens (primary N) is 1. The standard InChI is InChI=1S/C5H6ClNS/c1-3-2-4(7)8-5(3)6/h2H,7H2,1H3. The first-order chi connectivity index (χ1) is 3.70. The van der Waals surface area contributed by atoms with E-state index < -0.39 is 0 Å². The van der Waals surface area contributed by atoms with Crippen LogP contribution < -0.4 is 5.73 Å². The minimum Gasteiger partial charge on any atom is -0.391 e. The Morgan fingerprint density at radius 2 is 2.38 bits per heavy atom. The second kappa shape index (κ2) is 1.96. The molecule has 0 aliphatic rings. The highest BCUT2D eigenvalue weighted by Gasteiger charge is 1.96. The molecule has 0 aromatic carbocycles. The number of rotatable bonds is 0. The third kappa shape index (κ3) is 0.956. The van der Waals surface area contributed by atoms with Gasteiger partial charge in [-0.1, -0.05) is 11.6 Å². The van der Waals surface area contributed by atoms with E-state index in [1.54, 1.807) is 0 Å². The summed E-state index contributed by atoms with van der Waals surface area (Å²) in [5.41, 5.74) is 6.48. The largest absolute Gasteiger partial charge is 0.391 e. The molecule has 1 nitrogen and oxygen atoms in total. The average Bonchev–Trinajstić information content (AvgIpc) is 1.85. The van der Waals surface area contributed by atoms with Gasteiger partial charge in [-0.25, -0.2) is 0 Å². The van der Waals surface area contributed by atoms with Crippen molar-refractivity contribution in [3.63, 3.8) is 0 Å². The second-order valence-corrected chi connectivity index (χ2v) is 3.29. The Labute approximate surface area is 57.1 Å². The molecule has 0 saturated carbocycles. The van der Waals surface area contributed by atoms with Crippen molar-refractivity contribution < 1.29 is 0 Å². The highest BCUT2D eigenvalue weighted by Crippen LogP contribution is 2.27. The zero-order valence-corrected chi connectivity index (χ0v) is 6.01. The maximum atomic E-state index is 5.67. The van der Waals surface area contributed by atoms with E-state index in [4.69, 9.17) is 17.3 Å². The van der Waals surface area contributed by atoms with Crippen molar-refractivity contribution in [2.75, 3.05) is 5.73 Å². The van der Waals surface area contributed by atoms with E-state index in [-0.39, 0.29) is 0 Å². The predicted octanol–water partition coefficient (Wildman–Crippen LogP) is 2.29. The molecule has 44 valence electrons. The van der Waals surface area contributed by atoms with Gasteiger partial charge in [-0.15, -0.1) is 11.3 Å². The molecule has 0 unspecified atom stereocenters. The second-order valence-electron chi connectivity index (χ2n) is 1.61. The summed E-state index contributed by atoms with van der Waals surface area (Å²) in [6.45, 7) is 1.94. The fraction of sp³-hybridized carbons (Fsp3) is 0.200. The smallest absolute Gasteiger partial charge is 0.0979 e. The number of anilines is 1. The highest BCUT2D eigenvalue weighted by atomic mass is 35.5. The van der Waals surface area contributed by atoms with Gasteiger partial charge in [0.05, 0.1) is 9.34 Å². The Balaban J connectivity index is 3.14. The maximum Gasteiger partial charge on any atom is 0.0979 e. The lowest BCUT2D eigenvalue weighted by molar-refractivity contribution is 1.56. The molecule has 0 fully saturated rings. The van der Waals surface area contributed by atoms with Crippen LogP contribution in [0.15, 0.2) is 6.07 Å². The summed E-state index contributed by atoms with van der Waals surface area (Å²) in [4.78, 5) is 0. The van der Waals surface area contributed by atoms with Crippen molar-refractivity contribution in [2.24, 2.45) is 0 Å². The van der Waals surface area contributed by atoms with Crippen LogP contribution in [0.4, 0.5) is 5.00 Å². The summed E-state index contributed by atoms with van der Waals surface area (Å²) in [7, 11) is 0. The van der Waals surface area contributed by atoms with Gasteiger partial charge in [-0.05, 0) is 18.6 Å².